The van der Waals surface area contributed by atoms with E-state index >= 15 is 0 Å². The molecule has 1 saturated heterocycles. The molecule has 0 spiro atoms. The fourth-order valence-corrected chi connectivity index (χ4v) is 3.31. The molecule has 2 N–H and O–H groups in total. The highest BCUT2D eigenvalue weighted by molar-refractivity contribution is 7.89. The van der Waals surface area contributed by atoms with Crippen LogP contribution in [0.5, 0.6) is 0 Å². The molecule has 0 amide bonds. The predicted octanol–water partition coefficient (Wildman–Crippen LogP) is 1.44. The summed E-state index contributed by atoms with van der Waals surface area (Å²) in [5, 5.41) is 13.9. The third-order valence-electron chi connectivity index (χ3n) is 3.29. The van der Waals surface area contributed by atoms with E-state index in [1.807, 2.05) is 0 Å². The summed E-state index contributed by atoms with van der Waals surface area (Å²) in [5.74, 6) is 0. The number of nitrogens with zero attached hydrogens (tertiary/aromatic N) is 1. The SMILES string of the molecule is Cl.O=[N+]([O-])c1cccc(S(=O)(=O)NCC[C@H]2CCCN2)c1. The molecule has 0 aliphatic carbocycles. The lowest BCUT2D eigenvalue weighted by molar-refractivity contribution is -0.385. The molecular weight excluding hydrogens is 318 g/mol. The Labute approximate surface area is 129 Å². The summed E-state index contributed by atoms with van der Waals surface area (Å²) >= 11 is 0. The van der Waals surface area contributed by atoms with E-state index in [-0.39, 0.29) is 23.0 Å². The van der Waals surface area contributed by atoms with Gasteiger partial charge in [-0.25, -0.2) is 13.1 Å². The average molecular weight is 336 g/mol. The number of nitro benzene ring substituents is 1. The number of halogens is 1. The molecule has 0 bridgehead atoms. The lowest BCUT2D eigenvalue weighted by atomic mass is 10.2. The molecule has 0 saturated carbocycles. The maximum atomic E-state index is 12.0. The highest BCUT2D eigenvalue weighted by atomic mass is 35.5. The molecule has 1 aromatic carbocycles. The molecule has 1 aliphatic rings. The molecule has 1 fully saturated rings. The van der Waals surface area contributed by atoms with Gasteiger partial charge in [-0.3, -0.25) is 10.1 Å². The maximum absolute atomic E-state index is 12.0. The molecule has 1 heterocycles. The first-order valence-electron chi connectivity index (χ1n) is 6.46. The summed E-state index contributed by atoms with van der Waals surface area (Å²) in [4.78, 5) is 9.96. The number of hydrogen-bond donors (Lipinski definition) is 2. The van der Waals surface area contributed by atoms with Gasteiger partial charge in [-0.2, -0.15) is 0 Å². The lowest BCUT2D eigenvalue weighted by Gasteiger charge is -2.11. The van der Waals surface area contributed by atoms with Gasteiger partial charge in [0.15, 0.2) is 0 Å². The van der Waals surface area contributed by atoms with Crippen LogP contribution in [0.4, 0.5) is 5.69 Å². The Bertz CT molecular complexity index is 588. The molecule has 0 unspecified atom stereocenters. The number of nitrogens with one attached hydrogen (secondary N) is 2. The quantitative estimate of drug-likeness (QED) is 0.605. The Kier molecular flexibility index (Phi) is 6.53. The monoisotopic (exact) mass is 335 g/mol. The predicted molar refractivity (Wildman–Crippen MR) is 81.2 cm³/mol. The van der Waals surface area contributed by atoms with E-state index in [0.29, 0.717) is 19.0 Å². The van der Waals surface area contributed by atoms with E-state index < -0.39 is 14.9 Å². The second-order valence-corrected chi connectivity index (χ2v) is 6.50. The van der Waals surface area contributed by atoms with E-state index in [4.69, 9.17) is 0 Å². The third-order valence-corrected chi connectivity index (χ3v) is 4.74. The van der Waals surface area contributed by atoms with Gasteiger partial charge in [0.2, 0.25) is 10.0 Å². The molecule has 0 radical (unpaired) electrons. The Hall–Kier alpha value is -1.22. The summed E-state index contributed by atoms with van der Waals surface area (Å²) in [6.07, 6.45) is 2.88. The zero-order chi connectivity index (χ0) is 14.6. The first-order valence-corrected chi connectivity index (χ1v) is 7.95. The van der Waals surface area contributed by atoms with Crippen LogP contribution in [0.3, 0.4) is 0 Å². The fourth-order valence-electron chi connectivity index (χ4n) is 2.22. The first kappa shape index (κ1) is 17.8. The van der Waals surface area contributed by atoms with Crippen LogP contribution in [0.25, 0.3) is 0 Å². The molecule has 0 aromatic heterocycles. The van der Waals surface area contributed by atoms with Crippen LogP contribution < -0.4 is 10.0 Å². The van der Waals surface area contributed by atoms with Gasteiger partial charge in [0, 0.05) is 24.7 Å². The summed E-state index contributed by atoms with van der Waals surface area (Å²) in [7, 11) is -3.69. The van der Waals surface area contributed by atoms with Gasteiger partial charge < -0.3 is 5.32 Å². The topological polar surface area (TPSA) is 101 Å². The van der Waals surface area contributed by atoms with Crippen LogP contribution in [0.15, 0.2) is 29.2 Å². The summed E-state index contributed by atoms with van der Waals surface area (Å²) in [6, 6.07) is 5.40. The molecule has 118 valence electrons. The molecule has 1 aliphatic heterocycles. The number of non-ortho nitro benzene ring substituents is 1. The van der Waals surface area contributed by atoms with Gasteiger partial charge in [-0.1, -0.05) is 6.07 Å². The number of benzene rings is 1. The van der Waals surface area contributed by atoms with Crippen molar-refractivity contribution in [2.75, 3.05) is 13.1 Å². The second-order valence-electron chi connectivity index (χ2n) is 4.73. The number of hydrogen-bond acceptors (Lipinski definition) is 5. The van der Waals surface area contributed by atoms with E-state index in [1.165, 1.54) is 18.2 Å². The molecule has 9 heteroatoms. The van der Waals surface area contributed by atoms with Crippen molar-refractivity contribution in [1.29, 1.82) is 0 Å². The third kappa shape index (κ3) is 4.92. The Morgan fingerprint density at radius 2 is 2.19 bits per heavy atom. The molecule has 2 rings (SSSR count). The Morgan fingerprint density at radius 1 is 1.43 bits per heavy atom. The zero-order valence-corrected chi connectivity index (χ0v) is 13.0. The van der Waals surface area contributed by atoms with Crippen molar-refractivity contribution in [1.82, 2.24) is 10.0 Å². The van der Waals surface area contributed by atoms with Gasteiger partial charge in [-0.15, -0.1) is 12.4 Å². The maximum Gasteiger partial charge on any atom is 0.270 e. The number of rotatable bonds is 6. The van der Waals surface area contributed by atoms with Crippen LogP contribution in [0, 0.1) is 10.1 Å². The zero-order valence-electron chi connectivity index (χ0n) is 11.3. The van der Waals surface area contributed by atoms with Gasteiger partial charge >= 0.3 is 0 Å². The van der Waals surface area contributed by atoms with E-state index in [2.05, 4.69) is 10.0 Å². The molecule has 1 atom stereocenters. The lowest BCUT2D eigenvalue weighted by Crippen LogP contribution is -2.30. The summed E-state index contributed by atoms with van der Waals surface area (Å²) in [6.45, 7) is 1.30. The number of nitro groups is 1. The van der Waals surface area contributed by atoms with Crippen molar-refractivity contribution >= 4 is 28.1 Å². The first-order chi connectivity index (χ1) is 9.49. The minimum absolute atomic E-state index is 0. The van der Waals surface area contributed by atoms with E-state index in [9.17, 15) is 18.5 Å². The molecular formula is C12H18ClN3O4S. The largest absolute Gasteiger partial charge is 0.314 e. The van der Waals surface area contributed by atoms with Crippen molar-refractivity contribution in [3.8, 4) is 0 Å². The van der Waals surface area contributed by atoms with Crippen LogP contribution in [-0.4, -0.2) is 32.5 Å². The summed E-state index contributed by atoms with van der Waals surface area (Å²) in [5.41, 5.74) is -0.231. The Morgan fingerprint density at radius 3 is 2.81 bits per heavy atom. The van der Waals surface area contributed by atoms with Gasteiger partial charge in [0.05, 0.1) is 9.82 Å². The highest BCUT2D eigenvalue weighted by Crippen LogP contribution is 2.17. The highest BCUT2D eigenvalue weighted by Gasteiger charge is 2.19. The van der Waals surface area contributed by atoms with Gasteiger partial charge in [-0.05, 0) is 31.9 Å². The van der Waals surface area contributed by atoms with Crippen molar-refractivity contribution in [2.24, 2.45) is 0 Å². The smallest absolute Gasteiger partial charge is 0.270 e. The normalized spacial score (nSPS) is 18.2. The molecule has 7 nitrogen and oxygen atoms in total. The standard InChI is InChI=1S/C12H17N3O4S.ClH/c16-15(17)11-4-1-5-12(9-11)20(18,19)14-8-6-10-3-2-7-13-10;/h1,4-5,9-10,13-14H,2-3,6-8H2;1H/t10-;/m1./s1. The van der Waals surface area contributed by atoms with Crippen molar-refractivity contribution in [2.45, 2.75) is 30.2 Å². The second kappa shape index (κ2) is 7.69. The summed E-state index contributed by atoms with van der Waals surface area (Å²) < 4.78 is 26.5. The molecule has 21 heavy (non-hydrogen) atoms. The van der Waals surface area contributed by atoms with Gasteiger partial charge in [0.1, 0.15) is 0 Å². The number of sulfonamides is 1. The minimum Gasteiger partial charge on any atom is -0.314 e. The fraction of sp³-hybridized carbons (Fsp3) is 0.500. The Balaban J connectivity index is 0.00000220. The van der Waals surface area contributed by atoms with Crippen molar-refractivity contribution in [3.05, 3.63) is 34.4 Å². The molecule has 1 aromatic rings. The van der Waals surface area contributed by atoms with Crippen LogP contribution in [0.1, 0.15) is 19.3 Å². The van der Waals surface area contributed by atoms with Gasteiger partial charge in [0.25, 0.3) is 5.69 Å². The van der Waals surface area contributed by atoms with Crippen LogP contribution in [-0.2, 0) is 10.0 Å². The van der Waals surface area contributed by atoms with Crippen LogP contribution >= 0.6 is 12.4 Å². The van der Waals surface area contributed by atoms with E-state index in [1.54, 1.807) is 0 Å². The van der Waals surface area contributed by atoms with E-state index in [0.717, 1.165) is 25.5 Å². The van der Waals surface area contributed by atoms with Crippen molar-refractivity contribution < 1.29 is 13.3 Å². The van der Waals surface area contributed by atoms with Crippen molar-refractivity contribution in [3.63, 3.8) is 0 Å². The van der Waals surface area contributed by atoms with Crippen LogP contribution in [0.2, 0.25) is 0 Å². The average Bonchev–Trinajstić information content (AvgIpc) is 2.92. The minimum atomic E-state index is -3.69.